The number of rotatable bonds is 5. The second-order valence-electron chi connectivity index (χ2n) is 7.08. The molecule has 3 amide bonds. The second kappa shape index (κ2) is 7.71. The molecule has 2 heterocycles. The molecule has 0 aliphatic carbocycles. The van der Waals surface area contributed by atoms with Gasteiger partial charge >= 0.3 is 0 Å². The van der Waals surface area contributed by atoms with Crippen molar-refractivity contribution < 1.29 is 14.4 Å². The number of carbonyl (C=O) groups is 3. The van der Waals surface area contributed by atoms with Crippen LogP contribution in [0.1, 0.15) is 43.3 Å². The third-order valence-corrected chi connectivity index (χ3v) is 6.56. The molecule has 1 aromatic heterocycles. The summed E-state index contributed by atoms with van der Waals surface area (Å²) in [6.45, 7) is 5.85. The van der Waals surface area contributed by atoms with Gasteiger partial charge in [-0.3, -0.25) is 14.4 Å². The molecule has 0 radical (unpaired) electrons. The molecule has 1 atom stereocenters. The Labute approximate surface area is 176 Å². The molecule has 1 unspecified atom stereocenters. The topological polar surface area (TPSA) is 57.7 Å². The lowest BCUT2D eigenvalue weighted by Gasteiger charge is -2.41. The molecule has 1 aliphatic rings. The van der Waals surface area contributed by atoms with Gasteiger partial charge in [0.2, 0.25) is 5.91 Å². The fourth-order valence-corrected chi connectivity index (χ4v) is 4.23. The summed E-state index contributed by atoms with van der Waals surface area (Å²) in [4.78, 5) is 42.4. The first-order valence-electron chi connectivity index (χ1n) is 8.76. The Kier molecular flexibility index (Phi) is 5.71. The third kappa shape index (κ3) is 3.80. The van der Waals surface area contributed by atoms with Gasteiger partial charge < -0.3 is 4.90 Å². The minimum atomic E-state index is -0.790. The zero-order valence-corrected chi connectivity index (χ0v) is 18.4. The van der Waals surface area contributed by atoms with Crippen molar-refractivity contribution in [3.05, 3.63) is 50.2 Å². The maximum absolute atomic E-state index is 13.2. The van der Waals surface area contributed by atoms with Crippen molar-refractivity contribution in [1.82, 2.24) is 4.90 Å². The van der Waals surface area contributed by atoms with Crippen LogP contribution in [0.25, 0.3) is 0 Å². The zero-order chi connectivity index (χ0) is 19.8. The molecule has 5 nitrogen and oxygen atoms in total. The summed E-state index contributed by atoms with van der Waals surface area (Å²) in [5, 5.41) is 1.84. The standard InChI is InChI=1S/C20H21IN2O3S/c1-4-20(2,3)23(19(26)16-6-5-11-27-16)15-12-17(24)22(18(15)25)14-9-7-13(21)8-10-14/h5-11,15H,4,12H2,1-3H3. The van der Waals surface area contributed by atoms with E-state index in [0.29, 0.717) is 17.0 Å². The Bertz CT molecular complexity index is 862. The molecule has 1 fully saturated rings. The van der Waals surface area contributed by atoms with E-state index < -0.39 is 11.6 Å². The van der Waals surface area contributed by atoms with Gasteiger partial charge in [-0.25, -0.2) is 4.90 Å². The van der Waals surface area contributed by atoms with Gasteiger partial charge in [0.1, 0.15) is 6.04 Å². The predicted octanol–water partition coefficient (Wildman–Crippen LogP) is 4.32. The molecule has 1 aliphatic heterocycles. The second-order valence-corrected chi connectivity index (χ2v) is 9.28. The van der Waals surface area contributed by atoms with Gasteiger partial charge in [0, 0.05) is 9.11 Å². The number of nitrogens with zero attached hydrogens (tertiary/aromatic N) is 2. The van der Waals surface area contributed by atoms with E-state index in [1.165, 1.54) is 16.2 Å². The summed E-state index contributed by atoms with van der Waals surface area (Å²) >= 11 is 3.52. The molecule has 1 aromatic carbocycles. The fraction of sp³-hybridized carbons (Fsp3) is 0.350. The summed E-state index contributed by atoms with van der Waals surface area (Å²) < 4.78 is 1.02. The van der Waals surface area contributed by atoms with Gasteiger partial charge in [0.25, 0.3) is 11.8 Å². The average molecular weight is 496 g/mol. The van der Waals surface area contributed by atoms with Gasteiger partial charge in [-0.15, -0.1) is 11.3 Å². The normalized spacial score (nSPS) is 17.5. The molecule has 0 N–H and O–H groups in total. The van der Waals surface area contributed by atoms with Crippen LogP contribution in [0.5, 0.6) is 0 Å². The van der Waals surface area contributed by atoms with Gasteiger partial charge in [-0.1, -0.05) is 13.0 Å². The molecule has 0 spiro atoms. The average Bonchev–Trinajstić information content (AvgIpc) is 3.25. The van der Waals surface area contributed by atoms with Crippen LogP contribution < -0.4 is 4.90 Å². The summed E-state index contributed by atoms with van der Waals surface area (Å²) in [6, 6.07) is 10.0. The van der Waals surface area contributed by atoms with Crippen molar-refractivity contribution in [3.8, 4) is 0 Å². The monoisotopic (exact) mass is 496 g/mol. The van der Waals surface area contributed by atoms with Gasteiger partial charge in [-0.05, 0) is 78.6 Å². The molecule has 7 heteroatoms. The summed E-state index contributed by atoms with van der Waals surface area (Å²) in [6.07, 6.45) is 0.678. The smallest absolute Gasteiger partial charge is 0.265 e. The van der Waals surface area contributed by atoms with E-state index in [1.807, 2.05) is 44.4 Å². The highest BCUT2D eigenvalue weighted by atomic mass is 127. The van der Waals surface area contributed by atoms with Crippen molar-refractivity contribution in [2.24, 2.45) is 0 Å². The first-order valence-corrected chi connectivity index (χ1v) is 10.7. The number of hydrogen-bond donors (Lipinski definition) is 0. The van der Waals surface area contributed by atoms with Gasteiger partial charge in [-0.2, -0.15) is 0 Å². The number of hydrogen-bond acceptors (Lipinski definition) is 4. The van der Waals surface area contributed by atoms with Crippen LogP contribution in [0.15, 0.2) is 41.8 Å². The van der Waals surface area contributed by atoms with Gasteiger partial charge in [0.05, 0.1) is 17.0 Å². The number of thiophene rings is 1. The highest BCUT2D eigenvalue weighted by Gasteiger charge is 2.48. The minimum Gasteiger partial charge on any atom is -0.320 e. The van der Waals surface area contributed by atoms with Crippen molar-refractivity contribution in [1.29, 1.82) is 0 Å². The SMILES string of the molecule is CCC(C)(C)N(C(=O)c1cccs1)C1CC(=O)N(c2ccc(I)cc2)C1=O. The summed E-state index contributed by atoms with van der Waals surface area (Å²) in [7, 11) is 0. The van der Waals surface area contributed by atoms with Crippen LogP contribution in [-0.4, -0.2) is 34.2 Å². The van der Waals surface area contributed by atoms with Crippen molar-refractivity contribution in [3.63, 3.8) is 0 Å². The molecule has 1 saturated heterocycles. The summed E-state index contributed by atoms with van der Waals surface area (Å²) in [5.74, 6) is -0.817. The van der Waals surface area contributed by atoms with Crippen LogP contribution in [0.4, 0.5) is 5.69 Å². The third-order valence-electron chi connectivity index (χ3n) is 4.99. The van der Waals surface area contributed by atoms with E-state index in [1.54, 1.807) is 23.1 Å². The van der Waals surface area contributed by atoms with Crippen LogP contribution >= 0.6 is 33.9 Å². The Morgan fingerprint density at radius 2 is 1.93 bits per heavy atom. The van der Waals surface area contributed by atoms with E-state index in [-0.39, 0.29) is 24.1 Å². The van der Waals surface area contributed by atoms with E-state index in [9.17, 15) is 14.4 Å². The van der Waals surface area contributed by atoms with Gasteiger partial charge in [0.15, 0.2) is 0 Å². The van der Waals surface area contributed by atoms with Crippen LogP contribution in [-0.2, 0) is 9.59 Å². The Morgan fingerprint density at radius 3 is 2.48 bits per heavy atom. The lowest BCUT2D eigenvalue weighted by molar-refractivity contribution is -0.123. The van der Waals surface area contributed by atoms with Crippen molar-refractivity contribution in [2.75, 3.05) is 4.90 Å². The van der Waals surface area contributed by atoms with E-state index in [2.05, 4.69) is 22.6 Å². The number of halogens is 1. The molecule has 0 bridgehead atoms. The van der Waals surface area contributed by atoms with Crippen LogP contribution in [0, 0.1) is 3.57 Å². The van der Waals surface area contributed by atoms with Crippen LogP contribution in [0.2, 0.25) is 0 Å². The first kappa shape index (κ1) is 20.0. The van der Waals surface area contributed by atoms with Crippen molar-refractivity contribution in [2.45, 2.75) is 45.2 Å². The number of benzene rings is 1. The Balaban J connectivity index is 1.98. The van der Waals surface area contributed by atoms with E-state index in [4.69, 9.17) is 0 Å². The number of carbonyl (C=O) groups excluding carboxylic acids is 3. The minimum absolute atomic E-state index is 0.00532. The molecule has 27 heavy (non-hydrogen) atoms. The number of amides is 3. The Morgan fingerprint density at radius 1 is 1.26 bits per heavy atom. The quantitative estimate of drug-likeness (QED) is 0.458. The number of anilines is 1. The Hall–Kier alpha value is -1.74. The van der Waals surface area contributed by atoms with E-state index >= 15 is 0 Å². The molecular formula is C20H21IN2O3S. The van der Waals surface area contributed by atoms with Crippen LogP contribution in [0.3, 0.4) is 0 Å². The molecule has 0 saturated carbocycles. The molecular weight excluding hydrogens is 475 g/mol. The first-order chi connectivity index (χ1) is 12.8. The fourth-order valence-electron chi connectivity index (χ4n) is 3.21. The highest BCUT2D eigenvalue weighted by molar-refractivity contribution is 14.1. The molecule has 142 valence electrons. The largest absolute Gasteiger partial charge is 0.320 e. The number of imide groups is 1. The van der Waals surface area contributed by atoms with Crippen molar-refractivity contribution >= 4 is 57.3 Å². The highest BCUT2D eigenvalue weighted by Crippen LogP contribution is 2.33. The lowest BCUT2D eigenvalue weighted by Crippen LogP contribution is -2.55. The predicted molar refractivity (Wildman–Crippen MR) is 115 cm³/mol. The lowest BCUT2D eigenvalue weighted by atomic mass is 9.95. The molecule has 2 aromatic rings. The maximum Gasteiger partial charge on any atom is 0.265 e. The zero-order valence-electron chi connectivity index (χ0n) is 15.4. The van der Waals surface area contributed by atoms with E-state index in [0.717, 1.165) is 3.57 Å². The maximum atomic E-state index is 13.2. The summed E-state index contributed by atoms with van der Waals surface area (Å²) in [5.41, 5.74) is -0.00484. The molecule has 3 rings (SSSR count).